The first-order valence-corrected chi connectivity index (χ1v) is 6.60. The molecule has 0 aliphatic rings. The Morgan fingerprint density at radius 2 is 2.21 bits per heavy atom. The van der Waals surface area contributed by atoms with E-state index in [4.69, 9.17) is 18.0 Å². The van der Waals surface area contributed by atoms with Gasteiger partial charge in [-0.3, -0.25) is 4.79 Å². The van der Waals surface area contributed by atoms with Crippen LogP contribution in [0.5, 0.6) is 0 Å². The van der Waals surface area contributed by atoms with Gasteiger partial charge in [-0.05, 0) is 40.2 Å². The molecule has 2 rings (SSSR count). The van der Waals surface area contributed by atoms with Crippen molar-refractivity contribution in [3.8, 4) is 5.69 Å². The maximum absolute atomic E-state index is 11.5. The molecule has 1 aromatic carbocycles. The summed E-state index contributed by atoms with van der Waals surface area (Å²) in [6.07, 6.45) is 1.71. The lowest BCUT2D eigenvalue weighted by atomic mass is 10.2. The molecule has 0 saturated carbocycles. The molecule has 98 valence electrons. The summed E-state index contributed by atoms with van der Waals surface area (Å²) in [6, 6.07) is 7.11. The van der Waals surface area contributed by atoms with Crippen molar-refractivity contribution in [2.45, 2.75) is 0 Å². The van der Waals surface area contributed by atoms with Crippen LogP contribution in [-0.4, -0.2) is 27.7 Å². The summed E-state index contributed by atoms with van der Waals surface area (Å²) >= 11 is 8.36. The van der Waals surface area contributed by atoms with Gasteiger partial charge in [0.2, 0.25) is 0 Å². The fourth-order valence-electron chi connectivity index (χ4n) is 1.55. The molecule has 2 aromatic rings. The smallest absolute Gasteiger partial charge is 0.271 e. The van der Waals surface area contributed by atoms with E-state index in [0.29, 0.717) is 10.7 Å². The van der Waals surface area contributed by atoms with E-state index >= 15 is 0 Å². The highest BCUT2D eigenvalue weighted by Crippen LogP contribution is 2.22. The molecule has 0 spiro atoms. The average molecular weight is 339 g/mol. The maximum Gasteiger partial charge on any atom is 0.271 e. The van der Waals surface area contributed by atoms with E-state index in [0.717, 1.165) is 15.7 Å². The largest absolute Gasteiger partial charge is 0.389 e. The highest BCUT2D eigenvalue weighted by Gasteiger charge is 2.10. The Morgan fingerprint density at radius 3 is 2.79 bits per heavy atom. The number of carbonyl (C=O) groups is 1. The van der Waals surface area contributed by atoms with Crippen molar-refractivity contribution in [3.63, 3.8) is 0 Å². The van der Waals surface area contributed by atoms with Gasteiger partial charge >= 0.3 is 0 Å². The number of aromatic nitrogens is 2. The number of nitrogens with zero attached hydrogens (tertiary/aromatic N) is 2. The van der Waals surface area contributed by atoms with Gasteiger partial charge in [-0.15, -0.1) is 0 Å². The van der Waals surface area contributed by atoms with Crippen molar-refractivity contribution in [2.24, 2.45) is 5.73 Å². The minimum absolute atomic E-state index is 0.227. The van der Waals surface area contributed by atoms with Crippen LogP contribution in [0.3, 0.4) is 0 Å². The normalized spacial score (nSPS) is 10.2. The van der Waals surface area contributed by atoms with Crippen molar-refractivity contribution >= 4 is 39.0 Å². The third kappa shape index (κ3) is 2.82. The molecular formula is C12H11BrN4OS. The maximum atomic E-state index is 11.5. The summed E-state index contributed by atoms with van der Waals surface area (Å²) in [5.41, 5.74) is 7.49. The first kappa shape index (κ1) is 13.7. The van der Waals surface area contributed by atoms with Crippen LogP contribution in [0.4, 0.5) is 0 Å². The second kappa shape index (κ2) is 5.50. The number of hydrogen-bond acceptors (Lipinski definition) is 3. The number of carbonyl (C=O) groups excluding carboxylic acids is 1. The molecule has 1 amide bonds. The van der Waals surface area contributed by atoms with Crippen molar-refractivity contribution in [3.05, 3.63) is 46.2 Å². The van der Waals surface area contributed by atoms with Crippen LogP contribution in [0.15, 0.2) is 34.9 Å². The molecule has 1 heterocycles. The lowest BCUT2D eigenvalue weighted by Crippen LogP contribution is -2.18. The lowest BCUT2D eigenvalue weighted by Gasteiger charge is -2.06. The van der Waals surface area contributed by atoms with Gasteiger partial charge in [-0.2, -0.15) is 5.10 Å². The minimum Gasteiger partial charge on any atom is -0.389 e. The zero-order valence-corrected chi connectivity index (χ0v) is 12.5. The molecule has 19 heavy (non-hydrogen) atoms. The first-order valence-electron chi connectivity index (χ1n) is 5.40. The molecule has 0 unspecified atom stereocenters. The van der Waals surface area contributed by atoms with E-state index in [1.165, 1.54) is 0 Å². The van der Waals surface area contributed by atoms with Gasteiger partial charge in [0.1, 0.15) is 4.99 Å². The van der Waals surface area contributed by atoms with Gasteiger partial charge in [0.05, 0.1) is 5.69 Å². The Kier molecular flexibility index (Phi) is 3.96. The standard InChI is InChI=1S/C12H11BrN4OS/c1-15-12(18)9-4-5-17(16-9)10-3-2-7(11(14)19)6-8(10)13/h2-6H,1H3,(H2,14,19)(H,15,18). The molecule has 3 N–H and O–H groups in total. The van der Waals surface area contributed by atoms with Gasteiger partial charge < -0.3 is 11.1 Å². The lowest BCUT2D eigenvalue weighted by molar-refractivity contribution is 0.0957. The summed E-state index contributed by atoms with van der Waals surface area (Å²) in [7, 11) is 1.56. The fourth-order valence-corrected chi connectivity index (χ4v) is 2.24. The predicted octanol–water partition coefficient (Wildman–Crippen LogP) is 1.63. The van der Waals surface area contributed by atoms with Crippen molar-refractivity contribution in [1.82, 2.24) is 15.1 Å². The Labute approximate surface area is 123 Å². The second-order valence-electron chi connectivity index (χ2n) is 3.76. The quantitative estimate of drug-likeness (QED) is 0.834. The number of thiocarbonyl (C=S) groups is 1. The van der Waals surface area contributed by atoms with Crippen LogP contribution in [0.25, 0.3) is 5.69 Å². The molecule has 0 radical (unpaired) electrons. The molecule has 0 aliphatic carbocycles. The van der Waals surface area contributed by atoms with Crippen LogP contribution in [0.2, 0.25) is 0 Å². The monoisotopic (exact) mass is 338 g/mol. The number of nitrogens with one attached hydrogen (secondary N) is 1. The topological polar surface area (TPSA) is 72.9 Å². The van der Waals surface area contributed by atoms with Crippen LogP contribution in [0, 0.1) is 0 Å². The van der Waals surface area contributed by atoms with E-state index in [9.17, 15) is 4.79 Å². The van der Waals surface area contributed by atoms with Gasteiger partial charge in [-0.1, -0.05) is 12.2 Å². The second-order valence-corrected chi connectivity index (χ2v) is 5.05. The van der Waals surface area contributed by atoms with Crippen LogP contribution in [0.1, 0.15) is 16.1 Å². The van der Waals surface area contributed by atoms with E-state index in [2.05, 4.69) is 26.3 Å². The molecular weight excluding hydrogens is 328 g/mol. The predicted molar refractivity (Wildman–Crippen MR) is 80.5 cm³/mol. The highest BCUT2D eigenvalue weighted by molar-refractivity contribution is 9.10. The Hall–Kier alpha value is -1.73. The molecule has 0 bridgehead atoms. The Morgan fingerprint density at radius 1 is 1.47 bits per heavy atom. The third-order valence-electron chi connectivity index (χ3n) is 2.53. The number of nitrogens with two attached hydrogens (primary N) is 1. The molecule has 0 atom stereocenters. The van der Waals surface area contributed by atoms with Crippen molar-refractivity contribution in [1.29, 1.82) is 0 Å². The molecule has 1 aromatic heterocycles. The van der Waals surface area contributed by atoms with E-state index in [1.807, 2.05) is 18.2 Å². The van der Waals surface area contributed by atoms with Crippen LogP contribution < -0.4 is 11.1 Å². The zero-order chi connectivity index (χ0) is 14.0. The number of benzene rings is 1. The Balaban J connectivity index is 2.39. The highest BCUT2D eigenvalue weighted by atomic mass is 79.9. The number of hydrogen-bond donors (Lipinski definition) is 2. The summed E-state index contributed by atoms with van der Waals surface area (Å²) in [6.45, 7) is 0. The third-order valence-corrected chi connectivity index (χ3v) is 3.40. The van der Waals surface area contributed by atoms with Gasteiger partial charge in [-0.25, -0.2) is 4.68 Å². The average Bonchev–Trinajstić information content (AvgIpc) is 2.87. The molecule has 0 aliphatic heterocycles. The van der Waals surface area contributed by atoms with Crippen molar-refractivity contribution < 1.29 is 4.79 Å². The Bertz CT molecular complexity index is 653. The van der Waals surface area contributed by atoms with E-state index < -0.39 is 0 Å². The number of rotatable bonds is 3. The minimum atomic E-state index is -0.227. The fraction of sp³-hybridized carbons (Fsp3) is 0.0833. The molecule has 0 fully saturated rings. The van der Waals surface area contributed by atoms with Gasteiger partial charge in [0, 0.05) is 23.3 Å². The first-order chi connectivity index (χ1) is 9.02. The van der Waals surface area contributed by atoms with E-state index in [-0.39, 0.29) is 5.91 Å². The SMILES string of the molecule is CNC(=O)c1ccn(-c2ccc(C(N)=S)cc2Br)n1. The van der Waals surface area contributed by atoms with Crippen LogP contribution >= 0.6 is 28.1 Å². The molecule has 7 heteroatoms. The van der Waals surface area contributed by atoms with Crippen LogP contribution in [-0.2, 0) is 0 Å². The summed E-state index contributed by atoms with van der Waals surface area (Å²) in [5, 5.41) is 6.72. The molecule has 0 saturated heterocycles. The number of halogens is 1. The summed E-state index contributed by atoms with van der Waals surface area (Å²) in [4.78, 5) is 11.8. The molecule has 5 nitrogen and oxygen atoms in total. The van der Waals surface area contributed by atoms with Gasteiger partial charge in [0.25, 0.3) is 5.91 Å². The van der Waals surface area contributed by atoms with Gasteiger partial charge in [0.15, 0.2) is 5.69 Å². The van der Waals surface area contributed by atoms with Crippen molar-refractivity contribution in [2.75, 3.05) is 7.05 Å². The van der Waals surface area contributed by atoms with E-state index in [1.54, 1.807) is 24.0 Å². The summed E-state index contributed by atoms with van der Waals surface area (Å²) < 4.78 is 2.40. The summed E-state index contributed by atoms with van der Waals surface area (Å²) in [5.74, 6) is -0.227. The number of amides is 1. The zero-order valence-electron chi connectivity index (χ0n) is 10.1.